The molecule has 1 saturated heterocycles. The van der Waals surface area contributed by atoms with Crippen molar-refractivity contribution in [1.82, 2.24) is 9.88 Å². The van der Waals surface area contributed by atoms with Crippen molar-refractivity contribution in [3.8, 4) is 11.1 Å². The van der Waals surface area contributed by atoms with Gasteiger partial charge in [0, 0.05) is 36.6 Å². The van der Waals surface area contributed by atoms with Crippen molar-refractivity contribution >= 4 is 23.3 Å². The van der Waals surface area contributed by atoms with Gasteiger partial charge in [-0.2, -0.15) is 0 Å². The van der Waals surface area contributed by atoms with Gasteiger partial charge in [0.05, 0.1) is 5.56 Å². The van der Waals surface area contributed by atoms with E-state index in [2.05, 4.69) is 71.1 Å². The van der Waals surface area contributed by atoms with Crippen LogP contribution in [-0.2, 0) is 0 Å². The topological polar surface area (TPSA) is 74.3 Å². The summed E-state index contributed by atoms with van der Waals surface area (Å²) in [6, 6.07) is 26.8. The first-order chi connectivity index (χ1) is 19.8. The third-order valence-electron chi connectivity index (χ3n) is 7.71. The van der Waals surface area contributed by atoms with Crippen LogP contribution >= 0.6 is 0 Å². The van der Waals surface area contributed by atoms with Gasteiger partial charge in [-0.15, -0.1) is 0 Å². The molecule has 0 radical (unpaired) electrons. The maximum absolute atomic E-state index is 13.4. The third kappa shape index (κ3) is 6.83. The minimum Gasteiger partial charge on any atom is -0.368 e. The van der Waals surface area contributed by atoms with Crippen molar-refractivity contribution in [2.75, 3.05) is 23.7 Å². The molecule has 0 atom stereocenters. The van der Waals surface area contributed by atoms with E-state index < -0.39 is 0 Å². The number of aryl methyl sites for hydroxylation is 2. The molecule has 0 bridgehead atoms. The smallest absolute Gasteiger partial charge is 0.257 e. The van der Waals surface area contributed by atoms with E-state index in [1.807, 2.05) is 37.8 Å². The van der Waals surface area contributed by atoms with Crippen LogP contribution in [0, 0.1) is 13.8 Å². The molecule has 1 fully saturated rings. The molecule has 0 saturated carbocycles. The van der Waals surface area contributed by atoms with Crippen LogP contribution in [0.4, 0.5) is 11.5 Å². The minimum atomic E-state index is -0.254. The van der Waals surface area contributed by atoms with Crippen LogP contribution in [0.5, 0.6) is 0 Å². The number of nitrogens with zero attached hydrogens (tertiary/aromatic N) is 2. The standard InChI is InChI=1S/C35H38N4O2/c1-23(2)37-33-15-14-31(22-36-33)34(40)38-32-21-30(9-8-25(32)4)35(41)39-18-16-28(17-19-39)26-10-12-27(13-11-26)29-7-5-6-24(3)20-29/h5-15,20-23,28H,16-19H2,1-4H3,(H,36,37)(H,38,40). The zero-order valence-corrected chi connectivity index (χ0v) is 24.3. The number of nitrogens with one attached hydrogen (secondary N) is 2. The van der Waals surface area contributed by atoms with Crippen LogP contribution in [0.15, 0.2) is 85.1 Å². The van der Waals surface area contributed by atoms with E-state index in [9.17, 15) is 9.59 Å². The van der Waals surface area contributed by atoms with Gasteiger partial charge in [0.15, 0.2) is 0 Å². The Labute approximate surface area is 242 Å². The maximum Gasteiger partial charge on any atom is 0.257 e. The molecule has 210 valence electrons. The summed E-state index contributed by atoms with van der Waals surface area (Å²) < 4.78 is 0. The number of carbonyl (C=O) groups excluding carboxylic acids is 2. The highest BCUT2D eigenvalue weighted by atomic mass is 16.2. The fraction of sp³-hybridized carbons (Fsp3) is 0.286. The molecule has 1 aliphatic heterocycles. The van der Waals surface area contributed by atoms with Crippen molar-refractivity contribution < 1.29 is 9.59 Å². The predicted octanol–water partition coefficient (Wildman–Crippen LogP) is 7.46. The lowest BCUT2D eigenvalue weighted by molar-refractivity contribution is 0.0712. The van der Waals surface area contributed by atoms with Crippen LogP contribution in [0.25, 0.3) is 11.1 Å². The molecule has 6 nitrogen and oxygen atoms in total. The molecule has 1 aliphatic rings. The molecule has 0 aliphatic carbocycles. The Kier molecular flexibility index (Phi) is 8.48. The van der Waals surface area contributed by atoms with E-state index in [1.165, 1.54) is 22.3 Å². The Morgan fingerprint density at radius 1 is 0.854 bits per heavy atom. The second-order valence-corrected chi connectivity index (χ2v) is 11.3. The highest BCUT2D eigenvalue weighted by Gasteiger charge is 2.25. The van der Waals surface area contributed by atoms with Gasteiger partial charge in [0.2, 0.25) is 0 Å². The van der Waals surface area contributed by atoms with E-state index in [0.29, 0.717) is 35.8 Å². The van der Waals surface area contributed by atoms with Gasteiger partial charge in [-0.1, -0.05) is 60.2 Å². The highest BCUT2D eigenvalue weighted by Crippen LogP contribution is 2.31. The SMILES string of the molecule is Cc1cccc(-c2ccc(C3CCN(C(=O)c4ccc(C)c(NC(=O)c5ccc(NC(C)C)nc5)c4)CC3)cc2)c1. The lowest BCUT2D eigenvalue weighted by atomic mass is 9.88. The van der Waals surface area contributed by atoms with E-state index in [-0.39, 0.29) is 17.9 Å². The summed E-state index contributed by atoms with van der Waals surface area (Å²) >= 11 is 0. The fourth-order valence-electron chi connectivity index (χ4n) is 5.36. The Bertz CT molecular complexity index is 1520. The largest absolute Gasteiger partial charge is 0.368 e. The molecule has 2 heterocycles. The van der Waals surface area contributed by atoms with Crippen molar-refractivity contribution in [1.29, 1.82) is 0 Å². The molecule has 1 aromatic heterocycles. The summed E-state index contributed by atoms with van der Waals surface area (Å²) in [6.45, 7) is 9.53. The van der Waals surface area contributed by atoms with Crippen LogP contribution < -0.4 is 10.6 Å². The number of aromatic nitrogens is 1. The normalized spacial score (nSPS) is 13.7. The first-order valence-electron chi connectivity index (χ1n) is 14.4. The quantitative estimate of drug-likeness (QED) is 0.252. The molecule has 5 rings (SSSR count). The van der Waals surface area contributed by atoms with Gasteiger partial charge < -0.3 is 15.5 Å². The number of benzene rings is 3. The molecule has 2 N–H and O–H groups in total. The molecule has 0 unspecified atom stereocenters. The predicted molar refractivity (Wildman–Crippen MR) is 167 cm³/mol. The highest BCUT2D eigenvalue weighted by molar-refractivity contribution is 6.05. The monoisotopic (exact) mass is 546 g/mol. The Morgan fingerprint density at radius 3 is 2.24 bits per heavy atom. The van der Waals surface area contributed by atoms with Gasteiger partial charge in [-0.05, 0) is 93.0 Å². The van der Waals surface area contributed by atoms with Crippen LogP contribution in [0.1, 0.15) is 70.0 Å². The zero-order chi connectivity index (χ0) is 28.9. The first kappa shape index (κ1) is 28.1. The summed E-state index contributed by atoms with van der Waals surface area (Å²) in [7, 11) is 0. The lowest BCUT2D eigenvalue weighted by Crippen LogP contribution is -2.38. The van der Waals surface area contributed by atoms with Crippen molar-refractivity contribution in [3.05, 3.63) is 113 Å². The fourth-order valence-corrected chi connectivity index (χ4v) is 5.36. The third-order valence-corrected chi connectivity index (χ3v) is 7.71. The number of anilines is 2. The van der Waals surface area contributed by atoms with Crippen LogP contribution in [-0.4, -0.2) is 40.8 Å². The second-order valence-electron chi connectivity index (χ2n) is 11.3. The summed E-state index contributed by atoms with van der Waals surface area (Å²) in [4.78, 5) is 32.6. The number of likely N-dealkylation sites (tertiary alicyclic amines) is 1. The molecule has 2 amide bonds. The second kappa shape index (κ2) is 12.4. The number of carbonyl (C=O) groups is 2. The molecule has 6 heteroatoms. The van der Waals surface area contributed by atoms with Gasteiger partial charge in [0.25, 0.3) is 11.8 Å². The average molecular weight is 547 g/mol. The molecule has 3 aromatic carbocycles. The van der Waals surface area contributed by atoms with Gasteiger partial charge in [-0.3, -0.25) is 9.59 Å². The van der Waals surface area contributed by atoms with Gasteiger partial charge in [0.1, 0.15) is 5.82 Å². The number of hydrogen-bond donors (Lipinski definition) is 2. The number of pyridine rings is 1. The molecule has 41 heavy (non-hydrogen) atoms. The summed E-state index contributed by atoms with van der Waals surface area (Å²) in [5.74, 6) is 0.910. The van der Waals surface area contributed by atoms with Crippen molar-refractivity contribution in [2.45, 2.75) is 52.5 Å². The van der Waals surface area contributed by atoms with E-state index in [1.54, 1.807) is 24.4 Å². The van der Waals surface area contributed by atoms with E-state index in [4.69, 9.17) is 0 Å². The summed E-state index contributed by atoms with van der Waals surface area (Å²) in [5.41, 5.74) is 7.63. The van der Waals surface area contributed by atoms with Gasteiger partial charge in [-0.25, -0.2) is 4.98 Å². The Morgan fingerprint density at radius 2 is 1.59 bits per heavy atom. The van der Waals surface area contributed by atoms with Crippen molar-refractivity contribution in [3.63, 3.8) is 0 Å². The molecular weight excluding hydrogens is 508 g/mol. The number of rotatable bonds is 7. The van der Waals surface area contributed by atoms with Gasteiger partial charge >= 0.3 is 0 Å². The molecule has 4 aromatic rings. The van der Waals surface area contributed by atoms with Crippen LogP contribution in [0.3, 0.4) is 0 Å². The maximum atomic E-state index is 13.4. The molecule has 0 spiro atoms. The van der Waals surface area contributed by atoms with Crippen LogP contribution in [0.2, 0.25) is 0 Å². The van der Waals surface area contributed by atoms with E-state index >= 15 is 0 Å². The van der Waals surface area contributed by atoms with E-state index in [0.717, 1.165) is 24.2 Å². The minimum absolute atomic E-state index is 0.000441. The average Bonchev–Trinajstić information content (AvgIpc) is 2.98. The summed E-state index contributed by atoms with van der Waals surface area (Å²) in [6.07, 6.45) is 3.42. The number of hydrogen-bond acceptors (Lipinski definition) is 4. The zero-order valence-electron chi connectivity index (χ0n) is 24.3. The first-order valence-corrected chi connectivity index (χ1v) is 14.4. The lowest BCUT2D eigenvalue weighted by Gasteiger charge is -2.32. The van der Waals surface area contributed by atoms with Crippen molar-refractivity contribution in [2.24, 2.45) is 0 Å². The Hall–Kier alpha value is -4.45. The Balaban J connectivity index is 1.20. The number of piperidine rings is 1. The molecular formula is C35H38N4O2. The number of amides is 2. The summed E-state index contributed by atoms with van der Waals surface area (Å²) in [5, 5.41) is 6.18.